The highest BCUT2D eigenvalue weighted by Crippen LogP contribution is 2.26. The van der Waals surface area contributed by atoms with Crippen molar-refractivity contribution in [1.82, 2.24) is 4.90 Å². The highest BCUT2D eigenvalue weighted by molar-refractivity contribution is 14.1. The fourth-order valence-electron chi connectivity index (χ4n) is 2.72. The van der Waals surface area contributed by atoms with Crippen molar-refractivity contribution in [1.29, 1.82) is 0 Å². The molecule has 1 atom stereocenters. The third-order valence-electron chi connectivity index (χ3n) is 3.88. The molecule has 3 rings (SSSR count). The second-order valence-electron chi connectivity index (χ2n) is 5.23. The summed E-state index contributed by atoms with van der Waals surface area (Å²) in [6, 6.07) is 6.53. The molecule has 0 saturated carbocycles. The Kier molecular flexibility index (Phi) is 4.19. The molecule has 0 aromatic heterocycles. The maximum Gasteiger partial charge on any atom is 0.335 e. The predicted octanol–water partition coefficient (Wildman–Crippen LogP) is 3.27. The van der Waals surface area contributed by atoms with Gasteiger partial charge in [0, 0.05) is 22.4 Å². The van der Waals surface area contributed by atoms with E-state index in [0.29, 0.717) is 18.8 Å². The number of rotatable bonds is 3. The molecule has 1 fully saturated rings. The summed E-state index contributed by atoms with van der Waals surface area (Å²) in [6.45, 7) is 1.22. The van der Waals surface area contributed by atoms with Gasteiger partial charge >= 0.3 is 12.0 Å². The minimum absolute atomic E-state index is 0.0671. The maximum atomic E-state index is 12.6. The largest absolute Gasteiger partial charge is 0.478 e. The van der Waals surface area contributed by atoms with Crippen LogP contribution < -0.4 is 4.90 Å². The quantitative estimate of drug-likeness (QED) is 0.779. The van der Waals surface area contributed by atoms with Crippen LogP contribution in [-0.4, -0.2) is 41.1 Å². The smallest absolute Gasteiger partial charge is 0.335 e. The molecule has 1 heterocycles. The first-order chi connectivity index (χ1) is 10.6. The number of nitrogens with zero attached hydrogens (tertiary/aromatic N) is 2. The molecule has 2 aliphatic rings. The van der Waals surface area contributed by atoms with Crippen LogP contribution in [0.4, 0.5) is 10.5 Å². The van der Waals surface area contributed by atoms with Gasteiger partial charge in [-0.3, -0.25) is 4.90 Å². The summed E-state index contributed by atoms with van der Waals surface area (Å²) in [7, 11) is 0. The van der Waals surface area contributed by atoms with E-state index >= 15 is 0 Å². The standard InChI is InChI=1S/C16H15IN2O3/c17-12-4-6-13(7-5-12)18-8-9-19(16(18)22)14-3-1-2-11(10-14)15(20)21/h1-6,10,13H,7-9H2,(H,20,21). The summed E-state index contributed by atoms with van der Waals surface area (Å²) < 4.78 is 1.19. The zero-order chi connectivity index (χ0) is 15.7. The average Bonchev–Trinajstić information content (AvgIpc) is 2.90. The maximum absolute atomic E-state index is 12.6. The minimum Gasteiger partial charge on any atom is -0.478 e. The van der Waals surface area contributed by atoms with Crippen LogP contribution in [0.1, 0.15) is 16.8 Å². The highest BCUT2D eigenvalue weighted by atomic mass is 127. The topological polar surface area (TPSA) is 60.9 Å². The Morgan fingerprint density at radius 2 is 2.14 bits per heavy atom. The van der Waals surface area contributed by atoms with Crippen LogP contribution in [0.5, 0.6) is 0 Å². The van der Waals surface area contributed by atoms with E-state index in [1.165, 1.54) is 9.65 Å². The Bertz CT molecular complexity index is 684. The van der Waals surface area contributed by atoms with Gasteiger partial charge in [0.25, 0.3) is 0 Å². The fourth-order valence-corrected chi connectivity index (χ4v) is 3.18. The van der Waals surface area contributed by atoms with E-state index in [2.05, 4.69) is 34.7 Å². The second-order valence-corrected chi connectivity index (χ2v) is 6.48. The molecule has 2 amide bonds. The molecule has 1 aromatic carbocycles. The van der Waals surface area contributed by atoms with Gasteiger partial charge in [0.2, 0.25) is 0 Å². The first-order valence-corrected chi connectivity index (χ1v) is 8.09. The number of amides is 2. The average molecular weight is 410 g/mol. The lowest BCUT2D eigenvalue weighted by atomic mass is 10.1. The number of urea groups is 1. The van der Waals surface area contributed by atoms with Crippen LogP contribution in [0, 0.1) is 0 Å². The third-order valence-corrected chi connectivity index (χ3v) is 4.68. The van der Waals surface area contributed by atoms with Crippen LogP contribution >= 0.6 is 22.6 Å². The van der Waals surface area contributed by atoms with Gasteiger partial charge in [-0.15, -0.1) is 0 Å². The normalized spacial score (nSPS) is 21.2. The van der Waals surface area contributed by atoms with Crippen molar-refractivity contribution in [2.45, 2.75) is 12.5 Å². The van der Waals surface area contributed by atoms with Crippen molar-refractivity contribution in [3.05, 3.63) is 51.6 Å². The molecule has 1 aliphatic heterocycles. The zero-order valence-corrected chi connectivity index (χ0v) is 13.9. The molecule has 0 radical (unpaired) electrons. The summed E-state index contributed by atoms with van der Waals surface area (Å²) in [5.74, 6) is -0.986. The van der Waals surface area contributed by atoms with Crippen LogP contribution in [-0.2, 0) is 0 Å². The number of carbonyl (C=O) groups excluding carboxylic acids is 1. The van der Waals surface area contributed by atoms with Gasteiger partial charge in [0.15, 0.2) is 0 Å². The monoisotopic (exact) mass is 410 g/mol. The van der Waals surface area contributed by atoms with E-state index in [1.54, 1.807) is 23.1 Å². The Morgan fingerprint density at radius 3 is 2.82 bits per heavy atom. The number of hydrogen-bond acceptors (Lipinski definition) is 2. The number of anilines is 1. The van der Waals surface area contributed by atoms with Gasteiger partial charge in [-0.1, -0.05) is 24.3 Å². The van der Waals surface area contributed by atoms with Gasteiger partial charge in [0.1, 0.15) is 0 Å². The van der Waals surface area contributed by atoms with Gasteiger partial charge in [-0.2, -0.15) is 0 Å². The van der Waals surface area contributed by atoms with Crippen molar-refractivity contribution in [2.75, 3.05) is 18.0 Å². The highest BCUT2D eigenvalue weighted by Gasteiger charge is 2.33. The summed E-state index contributed by atoms with van der Waals surface area (Å²) in [6.07, 6.45) is 7.02. The molecule has 1 unspecified atom stereocenters. The first-order valence-electron chi connectivity index (χ1n) is 7.01. The predicted molar refractivity (Wildman–Crippen MR) is 92.5 cm³/mol. The van der Waals surface area contributed by atoms with Crippen molar-refractivity contribution in [3.8, 4) is 0 Å². The lowest BCUT2D eigenvalue weighted by Crippen LogP contribution is -2.38. The number of benzene rings is 1. The Hall–Kier alpha value is -1.83. The van der Waals surface area contributed by atoms with Crippen molar-refractivity contribution < 1.29 is 14.7 Å². The van der Waals surface area contributed by atoms with Gasteiger partial charge in [0.05, 0.1) is 11.6 Å². The Balaban J connectivity index is 1.78. The molecule has 6 heteroatoms. The van der Waals surface area contributed by atoms with E-state index in [0.717, 1.165) is 6.42 Å². The SMILES string of the molecule is O=C(O)c1cccc(N2CCN(C3C=CC(I)=CC3)C2=O)c1. The molecule has 1 aromatic rings. The van der Waals surface area contributed by atoms with E-state index in [9.17, 15) is 9.59 Å². The zero-order valence-electron chi connectivity index (χ0n) is 11.8. The number of carboxylic acid groups (broad SMARTS) is 1. The van der Waals surface area contributed by atoms with Gasteiger partial charge < -0.3 is 10.0 Å². The number of carboxylic acids is 1. The molecule has 0 spiro atoms. The molecular formula is C16H15IN2O3. The van der Waals surface area contributed by atoms with Crippen LogP contribution in [0.2, 0.25) is 0 Å². The molecule has 0 bridgehead atoms. The number of aromatic carboxylic acids is 1. The summed E-state index contributed by atoms with van der Waals surface area (Å²) in [5, 5.41) is 9.07. The van der Waals surface area contributed by atoms with E-state index < -0.39 is 5.97 Å². The number of hydrogen-bond donors (Lipinski definition) is 1. The van der Waals surface area contributed by atoms with Crippen LogP contribution in [0.3, 0.4) is 0 Å². The van der Waals surface area contributed by atoms with E-state index in [-0.39, 0.29) is 17.6 Å². The lowest BCUT2D eigenvalue weighted by molar-refractivity contribution is 0.0697. The molecule has 22 heavy (non-hydrogen) atoms. The van der Waals surface area contributed by atoms with Crippen molar-refractivity contribution in [2.24, 2.45) is 0 Å². The number of halogens is 1. The Labute approximate surface area is 142 Å². The first kappa shape index (κ1) is 15.1. The molecule has 1 N–H and O–H groups in total. The third kappa shape index (κ3) is 2.87. The second kappa shape index (κ2) is 6.12. The molecular weight excluding hydrogens is 395 g/mol. The van der Waals surface area contributed by atoms with Crippen molar-refractivity contribution in [3.63, 3.8) is 0 Å². The molecule has 1 saturated heterocycles. The van der Waals surface area contributed by atoms with Crippen molar-refractivity contribution >= 4 is 40.3 Å². The minimum atomic E-state index is -0.986. The Morgan fingerprint density at radius 1 is 1.32 bits per heavy atom. The summed E-state index contributed by atoms with van der Waals surface area (Å²) in [4.78, 5) is 27.2. The van der Waals surface area contributed by atoms with E-state index in [1.807, 2.05) is 11.0 Å². The number of allylic oxidation sites excluding steroid dienone is 2. The van der Waals surface area contributed by atoms with Gasteiger partial charge in [-0.05, 0) is 47.2 Å². The van der Waals surface area contributed by atoms with Gasteiger partial charge in [-0.25, -0.2) is 9.59 Å². The van der Waals surface area contributed by atoms with E-state index in [4.69, 9.17) is 5.11 Å². The summed E-state index contributed by atoms with van der Waals surface area (Å²) in [5.41, 5.74) is 0.830. The number of carbonyl (C=O) groups is 2. The fraction of sp³-hybridized carbons (Fsp3) is 0.250. The van der Waals surface area contributed by atoms with Crippen LogP contribution in [0.15, 0.2) is 46.1 Å². The van der Waals surface area contributed by atoms with Crippen LogP contribution in [0.25, 0.3) is 0 Å². The molecule has 1 aliphatic carbocycles. The molecule has 5 nitrogen and oxygen atoms in total. The lowest BCUT2D eigenvalue weighted by Gasteiger charge is -2.26. The molecule has 114 valence electrons. The summed E-state index contributed by atoms with van der Waals surface area (Å²) >= 11 is 2.26.